The number of benzene rings is 1. The monoisotopic (exact) mass is 233 g/mol. The van der Waals surface area contributed by atoms with E-state index >= 15 is 0 Å². The van der Waals surface area contributed by atoms with Crippen LogP contribution in [0.3, 0.4) is 0 Å². The van der Waals surface area contributed by atoms with Crippen molar-refractivity contribution in [3.63, 3.8) is 0 Å². The summed E-state index contributed by atoms with van der Waals surface area (Å²) in [4.78, 5) is 11.2. The van der Waals surface area contributed by atoms with Crippen LogP contribution in [0.2, 0.25) is 0 Å². The van der Waals surface area contributed by atoms with Gasteiger partial charge < -0.3 is 10.4 Å². The number of rotatable bonds is 6. The summed E-state index contributed by atoms with van der Waals surface area (Å²) in [7, 11) is 0. The first-order valence-corrected chi connectivity index (χ1v) is 6.28. The number of carboxylic acid groups (broad SMARTS) is 1. The van der Waals surface area contributed by atoms with Gasteiger partial charge in [-0.1, -0.05) is 49.6 Å². The first kappa shape index (κ1) is 12.1. The molecule has 3 heteroatoms. The summed E-state index contributed by atoms with van der Waals surface area (Å²) in [5, 5.41) is 12.3. The standard InChI is InChI=1S/C14H19NO2/c16-14(17)13(12-7-2-1-3-8-12)15-10-9-11-5-4-6-11/h1-3,7-8,11,13,15H,4-6,9-10H2,(H,16,17). The topological polar surface area (TPSA) is 49.3 Å². The fraction of sp³-hybridized carbons (Fsp3) is 0.500. The number of aliphatic carboxylic acids is 1. The van der Waals surface area contributed by atoms with E-state index in [4.69, 9.17) is 0 Å². The summed E-state index contributed by atoms with van der Waals surface area (Å²) in [6, 6.07) is 8.79. The molecule has 1 aliphatic carbocycles. The van der Waals surface area contributed by atoms with Crippen molar-refractivity contribution in [3.05, 3.63) is 35.9 Å². The van der Waals surface area contributed by atoms with E-state index < -0.39 is 12.0 Å². The first-order valence-electron chi connectivity index (χ1n) is 6.28. The maximum Gasteiger partial charge on any atom is 0.325 e. The van der Waals surface area contributed by atoms with Gasteiger partial charge in [-0.15, -0.1) is 0 Å². The summed E-state index contributed by atoms with van der Waals surface area (Å²) in [5.41, 5.74) is 0.827. The predicted molar refractivity (Wildman–Crippen MR) is 66.8 cm³/mol. The Balaban J connectivity index is 1.86. The van der Waals surface area contributed by atoms with Crippen molar-refractivity contribution in [3.8, 4) is 0 Å². The van der Waals surface area contributed by atoms with Crippen molar-refractivity contribution in [1.29, 1.82) is 0 Å². The maximum absolute atomic E-state index is 11.2. The predicted octanol–water partition coefficient (Wildman–Crippen LogP) is 2.59. The summed E-state index contributed by atoms with van der Waals surface area (Å²) < 4.78 is 0. The van der Waals surface area contributed by atoms with Crippen LogP contribution in [0, 0.1) is 5.92 Å². The zero-order valence-corrected chi connectivity index (χ0v) is 9.93. The Bertz CT molecular complexity index is 360. The van der Waals surface area contributed by atoms with E-state index in [9.17, 15) is 9.90 Å². The maximum atomic E-state index is 11.2. The molecule has 3 nitrogen and oxygen atoms in total. The second kappa shape index (κ2) is 5.82. The van der Waals surface area contributed by atoms with Crippen molar-refractivity contribution in [2.45, 2.75) is 31.7 Å². The minimum Gasteiger partial charge on any atom is -0.480 e. The van der Waals surface area contributed by atoms with Crippen LogP contribution in [0.25, 0.3) is 0 Å². The highest BCUT2D eigenvalue weighted by Gasteiger charge is 2.21. The molecule has 0 aromatic heterocycles. The van der Waals surface area contributed by atoms with Gasteiger partial charge in [-0.05, 0) is 24.4 Å². The highest BCUT2D eigenvalue weighted by Crippen LogP contribution is 2.29. The minimum atomic E-state index is -0.801. The fourth-order valence-electron chi connectivity index (χ4n) is 2.21. The van der Waals surface area contributed by atoms with Crippen molar-refractivity contribution in [2.75, 3.05) is 6.54 Å². The molecule has 1 atom stereocenters. The van der Waals surface area contributed by atoms with Crippen LogP contribution in [-0.2, 0) is 4.79 Å². The number of carbonyl (C=O) groups is 1. The average molecular weight is 233 g/mol. The molecule has 1 aromatic rings. The first-order chi connectivity index (χ1) is 8.27. The zero-order chi connectivity index (χ0) is 12.1. The van der Waals surface area contributed by atoms with Crippen molar-refractivity contribution in [1.82, 2.24) is 5.32 Å². The number of hydrogen-bond acceptors (Lipinski definition) is 2. The molecule has 92 valence electrons. The quantitative estimate of drug-likeness (QED) is 0.794. The number of nitrogens with one attached hydrogen (secondary N) is 1. The molecule has 1 saturated carbocycles. The molecule has 0 heterocycles. The van der Waals surface area contributed by atoms with Crippen LogP contribution >= 0.6 is 0 Å². The van der Waals surface area contributed by atoms with Gasteiger partial charge in [0.2, 0.25) is 0 Å². The van der Waals surface area contributed by atoms with Crippen LogP contribution in [0.5, 0.6) is 0 Å². The van der Waals surface area contributed by atoms with E-state index in [0.717, 1.165) is 24.4 Å². The van der Waals surface area contributed by atoms with Gasteiger partial charge in [0.05, 0.1) is 0 Å². The van der Waals surface area contributed by atoms with E-state index in [1.807, 2.05) is 30.3 Å². The third-order valence-electron chi connectivity index (χ3n) is 3.51. The van der Waals surface area contributed by atoms with Gasteiger partial charge in [-0.25, -0.2) is 0 Å². The zero-order valence-electron chi connectivity index (χ0n) is 9.93. The molecule has 1 aromatic carbocycles. The van der Waals surface area contributed by atoms with Crippen LogP contribution in [0.1, 0.15) is 37.3 Å². The molecule has 17 heavy (non-hydrogen) atoms. The highest BCUT2D eigenvalue weighted by atomic mass is 16.4. The van der Waals surface area contributed by atoms with Crippen LogP contribution in [0.15, 0.2) is 30.3 Å². The minimum absolute atomic E-state index is 0.573. The molecule has 2 rings (SSSR count). The fourth-order valence-corrected chi connectivity index (χ4v) is 2.21. The lowest BCUT2D eigenvalue weighted by molar-refractivity contribution is -0.139. The van der Waals surface area contributed by atoms with Gasteiger partial charge in [0.25, 0.3) is 0 Å². The van der Waals surface area contributed by atoms with Gasteiger partial charge in [-0.3, -0.25) is 4.79 Å². The van der Waals surface area contributed by atoms with Gasteiger partial charge in [0.15, 0.2) is 0 Å². The SMILES string of the molecule is O=C(O)C(NCCC1CCC1)c1ccccc1. The third-order valence-corrected chi connectivity index (χ3v) is 3.51. The van der Waals surface area contributed by atoms with E-state index in [1.54, 1.807) is 0 Å². The molecule has 0 spiro atoms. The van der Waals surface area contributed by atoms with Crippen LogP contribution in [-0.4, -0.2) is 17.6 Å². The van der Waals surface area contributed by atoms with Gasteiger partial charge >= 0.3 is 5.97 Å². The van der Waals surface area contributed by atoms with Crippen LogP contribution in [0.4, 0.5) is 0 Å². The number of hydrogen-bond donors (Lipinski definition) is 2. The van der Waals surface area contributed by atoms with Crippen molar-refractivity contribution >= 4 is 5.97 Å². The van der Waals surface area contributed by atoms with Gasteiger partial charge in [-0.2, -0.15) is 0 Å². The normalized spacial score (nSPS) is 17.4. The Hall–Kier alpha value is -1.35. The second-order valence-corrected chi connectivity index (χ2v) is 4.72. The molecule has 1 fully saturated rings. The Morgan fingerprint density at radius 2 is 2.06 bits per heavy atom. The molecule has 1 unspecified atom stereocenters. The Morgan fingerprint density at radius 3 is 2.59 bits per heavy atom. The molecule has 0 aliphatic heterocycles. The lowest BCUT2D eigenvalue weighted by Crippen LogP contribution is -2.30. The van der Waals surface area contributed by atoms with E-state index in [1.165, 1.54) is 19.3 Å². The van der Waals surface area contributed by atoms with E-state index in [2.05, 4.69) is 5.32 Å². The van der Waals surface area contributed by atoms with Crippen LogP contribution < -0.4 is 5.32 Å². The highest BCUT2D eigenvalue weighted by molar-refractivity contribution is 5.75. The van der Waals surface area contributed by atoms with Crippen molar-refractivity contribution in [2.24, 2.45) is 5.92 Å². The summed E-state index contributed by atoms with van der Waals surface area (Å²) in [5.74, 6) is 0.0116. The molecule has 0 amide bonds. The molecule has 2 N–H and O–H groups in total. The van der Waals surface area contributed by atoms with E-state index in [0.29, 0.717) is 0 Å². The number of carboxylic acids is 1. The molecule has 1 aliphatic rings. The lowest BCUT2D eigenvalue weighted by atomic mass is 9.83. The van der Waals surface area contributed by atoms with E-state index in [-0.39, 0.29) is 0 Å². The van der Waals surface area contributed by atoms with Gasteiger partial charge in [0, 0.05) is 0 Å². The summed E-state index contributed by atoms with van der Waals surface area (Å²) >= 11 is 0. The largest absolute Gasteiger partial charge is 0.480 e. The Labute approximate surface area is 102 Å². The third kappa shape index (κ3) is 3.30. The Kier molecular flexibility index (Phi) is 4.15. The molecular weight excluding hydrogens is 214 g/mol. The smallest absolute Gasteiger partial charge is 0.325 e. The summed E-state index contributed by atoms with van der Waals surface area (Å²) in [6.45, 7) is 0.788. The molecule has 0 bridgehead atoms. The second-order valence-electron chi connectivity index (χ2n) is 4.72. The summed E-state index contributed by atoms with van der Waals surface area (Å²) in [6.07, 6.45) is 5.05. The lowest BCUT2D eigenvalue weighted by Gasteiger charge is -2.26. The molecular formula is C14H19NO2. The molecule has 0 radical (unpaired) electrons. The molecule has 0 saturated heterocycles. The average Bonchev–Trinajstić information content (AvgIpc) is 2.27. The Morgan fingerprint density at radius 1 is 1.35 bits per heavy atom. The van der Waals surface area contributed by atoms with Gasteiger partial charge in [0.1, 0.15) is 6.04 Å². The van der Waals surface area contributed by atoms with Crippen molar-refractivity contribution < 1.29 is 9.90 Å².